The standard InChI is InChI=1S/C10H6Cl2FN3O/c11-6-3-5(13)1-2-7(6)15-9-8(17)4-14-10(12)16-9/h1-4,17H,(H,14,15,16). The van der Waals surface area contributed by atoms with Gasteiger partial charge >= 0.3 is 0 Å². The Hall–Kier alpha value is -1.59. The lowest BCUT2D eigenvalue weighted by Crippen LogP contribution is -1.96. The van der Waals surface area contributed by atoms with Gasteiger partial charge in [0.25, 0.3) is 0 Å². The van der Waals surface area contributed by atoms with Gasteiger partial charge in [-0.15, -0.1) is 0 Å². The van der Waals surface area contributed by atoms with Gasteiger partial charge in [0.15, 0.2) is 11.6 Å². The molecule has 88 valence electrons. The molecule has 2 N–H and O–H groups in total. The van der Waals surface area contributed by atoms with Gasteiger partial charge in [0.05, 0.1) is 16.9 Å². The van der Waals surface area contributed by atoms with Crippen molar-refractivity contribution in [2.24, 2.45) is 0 Å². The van der Waals surface area contributed by atoms with Crippen molar-refractivity contribution < 1.29 is 9.50 Å². The molecule has 0 saturated heterocycles. The summed E-state index contributed by atoms with van der Waals surface area (Å²) >= 11 is 11.4. The van der Waals surface area contributed by atoms with Crippen LogP contribution in [-0.2, 0) is 0 Å². The minimum atomic E-state index is -0.453. The number of hydrogen-bond donors (Lipinski definition) is 2. The number of hydrogen-bond acceptors (Lipinski definition) is 4. The third-order valence-corrected chi connectivity index (χ3v) is 2.42. The van der Waals surface area contributed by atoms with Crippen LogP contribution < -0.4 is 5.32 Å². The number of aromatic hydroxyl groups is 1. The van der Waals surface area contributed by atoms with Crippen LogP contribution in [0.2, 0.25) is 10.3 Å². The zero-order chi connectivity index (χ0) is 12.4. The van der Waals surface area contributed by atoms with E-state index in [0.717, 1.165) is 12.3 Å². The molecule has 0 amide bonds. The Bertz CT molecular complexity index is 565. The highest BCUT2D eigenvalue weighted by Crippen LogP contribution is 2.29. The van der Waals surface area contributed by atoms with Crippen LogP contribution in [0.15, 0.2) is 24.4 Å². The molecule has 0 aliphatic heterocycles. The summed E-state index contributed by atoms with van der Waals surface area (Å²) < 4.78 is 12.8. The predicted molar refractivity (Wildman–Crippen MR) is 63.4 cm³/mol. The highest BCUT2D eigenvalue weighted by atomic mass is 35.5. The molecule has 0 aliphatic carbocycles. The van der Waals surface area contributed by atoms with E-state index in [-0.39, 0.29) is 21.9 Å². The zero-order valence-electron chi connectivity index (χ0n) is 8.28. The van der Waals surface area contributed by atoms with Crippen molar-refractivity contribution in [2.75, 3.05) is 5.32 Å². The molecule has 1 heterocycles. The van der Waals surface area contributed by atoms with Crippen molar-refractivity contribution in [2.45, 2.75) is 0 Å². The normalized spacial score (nSPS) is 10.3. The number of benzene rings is 1. The van der Waals surface area contributed by atoms with E-state index in [0.29, 0.717) is 5.69 Å². The lowest BCUT2D eigenvalue weighted by molar-refractivity contribution is 0.472. The molecule has 0 atom stereocenters. The van der Waals surface area contributed by atoms with Gasteiger partial charge < -0.3 is 10.4 Å². The van der Waals surface area contributed by atoms with E-state index in [2.05, 4.69) is 15.3 Å². The average molecular weight is 274 g/mol. The van der Waals surface area contributed by atoms with Crippen molar-refractivity contribution in [1.82, 2.24) is 9.97 Å². The molecule has 0 aliphatic rings. The van der Waals surface area contributed by atoms with Crippen LogP contribution >= 0.6 is 23.2 Å². The largest absolute Gasteiger partial charge is 0.503 e. The average Bonchev–Trinajstić information content (AvgIpc) is 2.27. The SMILES string of the molecule is Oc1cnc(Cl)nc1Nc1ccc(F)cc1Cl. The molecule has 0 spiro atoms. The van der Waals surface area contributed by atoms with Crippen LogP contribution in [0.25, 0.3) is 0 Å². The minimum absolute atomic E-state index is 0.0245. The Morgan fingerprint density at radius 2 is 2.06 bits per heavy atom. The first-order valence-corrected chi connectivity index (χ1v) is 5.25. The molecule has 0 fully saturated rings. The Labute approximate surface area is 106 Å². The van der Waals surface area contributed by atoms with Gasteiger partial charge in [0, 0.05) is 0 Å². The second-order valence-electron chi connectivity index (χ2n) is 3.12. The van der Waals surface area contributed by atoms with Gasteiger partial charge in [-0.25, -0.2) is 9.37 Å². The molecule has 2 rings (SSSR count). The summed E-state index contributed by atoms with van der Waals surface area (Å²) in [6.07, 6.45) is 1.15. The third-order valence-electron chi connectivity index (χ3n) is 1.92. The lowest BCUT2D eigenvalue weighted by Gasteiger charge is -2.08. The van der Waals surface area contributed by atoms with E-state index in [1.807, 2.05) is 0 Å². The van der Waals surface area contributed by atoms with Crippen molar-refractivity contribution >= 4 is 34.7 Å². The fourth-order valence-electron chi connectivity index (χ4n) is 1.16. The van der Waals surface area contributed by atoms with Gasteiger partial charge in [-0.3, -0.25) is 0 Å². The molecule has 4 nitrogen and oxygen atoms in total. The maximum Gasteiger partial charge on any atom is 0.224 e. The van der Waals surface area contributed by atoms with Gasteiger partial charge in [-0.1, -0.05) is 11.6 Å². The monoisotopic (exact) mass is 273 g/mol. The molecule has 0 bridgehead atoms. The number of nitrogens with one attached hydrogen (secondary N) is 1. The van der Waals surface area contributed by atoms with E-state index in [1.54, 1.807) is 0 Å². The fraction of sp³-hybridized carbons (Fsp3) is 0. The van der Waals surface area contributed by atoms with Crippen LogP contribution in [0, 0.1) is 5.82 Å². The Kier molecular flexibility index (Phi) is 3.31. The number of nitrogens with zero attached hydrogens (tertiary/aromatic N) is 2. The fourth-order valence-corrected chi connectivity index (χ4v) is 1.51. The van der Waals surface area contributed by atoms with Crippen LogP contribution in [0.3, 0.4) is 0 Å². The Morgan fingerprint density at radius 3 is 2.76 bits per heavy atom. The number of anilines is 2. The van der Waals surface area contributed by atoms with Gasteiger partial charge in [0.1, 0.15) is 5.82 Å². The highest BCUT2D eigenvalue weighted by molar-refractivity contribution is 6.33. The molecule has 0 radical (unpaired) electrons. The highest BCUT2D eigenvalue weighted by Gasteiger charge is 2.08. The maximum absolute atomic E-state index is 12.8. The minimum Gasteiger partial charge on any atom is -0.503 e. The maximum atomic E-state index is 12.8. The second kappa shape index (κ2) is 4.73. The van der Waals surface area contributed by atoms with E-state index in [1.165, 1.54) is 12.1 Å². The molecule has 1 aromatic heterocycles. The first-order chi connectivity index (χ1) is 8.06. The smallest absolute Gasteiger partial charge is 0.224 e. The summed E-state index contributed by atoms with van der Waals surface area (Å²) in [6.45, 7) is 0. The summed E-state index contributed by atoms with van der Waals surface area (Å²) in [5, 5.41) is 12.3. The summed E-state index contributed by atoms with van der Waals surface area (Å²) in [5.74, 6) is -0.543. The quantitative estimate of drug-likeness (QED) is 0.824. The Balaban J connectivity index is 2.34. The molecular formula is C10H6Cl2FN3O. The van der Waals surface area contributed by atoms with Crippen LogP contribution in [-0.4, -0.2) is 15.1 Å². The van der Waals surface area contributed by atoms with E-state index >= 15 is 0 Å². The molecule has 0 saturated carbocycles. The molecule has 0 unspecified atom stereocenters. The molecule has 1 aromatic carbocycles. The van der Waals surface area contributed by atoms with E-state index < -0.39 is 5.82 Å². The van der Waals surface area contributed by atoms with Gasteiger partial charge in [0.2, 0.25) is 5.28 Å². The van der Waals surface area contributed by atoms with Crippen LogP contribution in [0.5, 0.6) is 5.75 Å². The van der Waals surface area contributed by atoms with Crippen molar-refractivity contribution in [3.05, 3.63) is 40.5 Å². The van der Waals surface area contributed by atoms with Crippen molar-refractivity contribution in [3.8, 4) is 5.75 Å². The van der Waals surface area contributed by atoms with Crippen molar-refractivity contribution in [3.63, 3.8) is 0 Å². The van der Waals surface area contributed by atoms with E-state index in [4.69, 9.17) is 23.2 Å². The van der Waals surface area contributed by atoms with Gasteiger partial charge in [-0.2, -0.15) is 4.98 Å². The van der Waals surface area contributed by atoms with Gasteiger partial charge in [-0.05, 0) is 29.8 Å². The Morgan fingerprint density at radius 1 is 1.29 bits per heavy atom. The number of rotatable bonds is 2. The van der Waals surface area contributed by atoms with Crippen LogP contribution in [0.4, 0.5) is 15.9 Å². The summed E-state index contributed by atoms with van der Waals surface area (Å²) in [4.78, 5) is 7.36. The first-order valence-electron chi connectivity index (χ1n) is 4.50. The summed E-state index contributed by atoms with van der Waals surface area (Å²) in [5.41, 5.74) is 0.401. The lowest BCUT2D eigenvalue weighted by atomic mass is 10.3. The third kappa shape index (κ3) is 2.75. The zero-order valence-corrected chi connectivity index (χ0v) is 9.80. The topological polar surface area (TPSA) is 58.0 Å². The van der Waals surface area contributed by atoms with Crippen LogP contribution in [0.1, 0.15) is 0 Å². The number of aromatic nitrogens is 2. The van der Waals surface area contributed by atoms with E-state index in [9.17, 15) is 9.50 Å². The second-order valence-corrected chi connectivity index (χ2v) is 3.87. The molecular weight excluding hydrogens is 268 g/mol. The first kappa shape index (κ1) is 11.9. The summed E-state index contributed by atoms with van der Waals surface area (Å²) in [7, 11) is 0. The molecule has 2 aromatic rings. The summed E-state index contributed by atoms with van der Waals surface area (Å²) in [6, 6.07) is 3.80. The predicted octanol–water partition coefficient (Wildman–Crippen LogP) is 3.37. The molecule has 17 heavy (non-hydrogen) atoms. The molecule has 7 heteroatoms. The van der Waals surface area contributed by atoms with Crippen molar-refractivity contribution in [1.29, 1.82) is 0 Å². The number of halogens is 3.